The van der Waals surface area contributed by atoms with Crippen LogP contribution in [0.4, 0.5) is 5.95 Å². The van der Waals surface area contributed by atoms with Gasteiger partial charge in [0.15, 0.2) is 0 Å². The number of nitrogens with one attached hydrogen (secondary N) is 1. The lowest BCUT2D eigenvalue weighted by Crippen LogP contribution is -2.11. The molecule has 3 rings (SSSR count). The number of anilines is 1. The Kier molecular flexibility index (Phi) is 3.91. The quantitative estimate of drug-likeness (QED) is 0.780. The maximum absolute atomic E-state index is 4.39. The van der Waals surface area contributed by atoms with E-state index in [-0.39, 0.29) is 0 Å². The van der Waals surface area contributed by atoms with Gasteiger partial charge < -0.3 is 9.88 Å². The monoisotopic (exact) mass is 279 g/mol. The molecule has 0 aliphatic heterocycles. The number of nitrogens with zero attached hydrogens (tertiary/aromatic N) is 4. The summed E-state index contributed by atoms with van der Waals surface area (Å²) in [7, 11) is 0. The lowest BCUT2D eigenvalue weighted by molar-refractivity contribution is 0.733. The summed E-state index contributed by atoms with van der Waals surface area (Å²) in [6, 6.07) is 12.2. The summed E-state index contributed by atoms with van der Waals surface area (Å²) in [5.74, 6) is 1.59. The van der Waals surface area contributed by atoms with Crippen molar-refractivity contribution in [1.29, 1.82) is 0 Å². The van der Waals surface area contributed by atoms with Crippen LogP contribution in [0.3, 0.4) is 0 Å². The van der Waals surface area contributed by atoms with Crippen molar-refractivity contribution in [3.05, 3.63) is 72.1 Å². The van der Waals surface area contributed by atoms with Crippen molar-refractivity contribution in [2.75, 3.05) is 5.32 Å². The molecule has 1 N–H and O–H groups in total. The van der Waals surface area contributed by atoms with E-state index in [4.69, 9.17) is 0 Å². The van der Waals surface area contributed by atoms with Gasteiger partial charge in [-0.15, -0.1) is 0 Å². The van der Waals surface area contributed by atoms with E-state index in [1.165, 1.54) is 5.56 Å². The molecule has 2 heterocycles. The van der Waals surface area contributed by atoms with E-state index in [9.17, 15) is 0 Å². The SMILES string of the molecule is Cc1ccnc(NCc2nccn2Cc2ccccc2)n1. The van der Waals surface area contributed by atoms with Gasteiger partial charge in [-0.25, -0.2) is 15.0 Å². The standard InChI is InChI=1S/C16H17N5/c1-13-7-8-18-16(20-13)19-11-15-17-9-10-21(15)12-14-5-3-2-4-6-14/h2-10H,11-12H2,1H3,(H,18,19,20). The van der Waals surface area contributed by atoms with Gasteiger partial charge in [-0.3, -0.25) is 0 Å². The third kappa shape index (κ3) is 3.45. The number of rotatable bonds is 5. The summed E-state index contributed by atoms with van der Waals surface area (Å²) in [4.78, 5) is 12.9. The first-order valence-electron chi connectivity index (χ1n) is 6.89. The zero-order chi connectivity index (χ0) is 14.5. The summed E-state index contributed by atoms with van der Waals surface area (Å²) in [6.07, 6.45) is 5.55. The zero-order valence-electron chi connectivity index (χ0n) is 11.9. The molecule has 0 aliphatic rings. The Balaban J connectivity index is 1.68. The van der Waals surface area contributed by atoms with Gasteiger partial charge in [0.1, 0.15) is 5.82 Å². The number of aromatic nitrogens is 4. The van der Waals surface area contributed by atoms with Gasteiger partial charge in [-0.2, -0.15) is 0 Å². The van der Waals surface area contributed by atoms with E-state index in [0.29, 0.717) is 12.5 Å². The molecule has 0 amide bonds. The number of hydrogen-bond donors (Lipinski definition) is 1. The second kappa shape index (κ2) is 6.17. The van der Waals surface area contributed by atoms with Crippen LogP contribution >= 0.6 is 0 Å². The fourth-order valence-electron chi connectivity index (χ4n) is 2.12. The number of benzene rings is 1. The van der Waals surface area contributed by atoms with Crippen molar-refractivity contribution in [1.82, 2.24) is 19.5 Å². The third-order valence-electron chi connectivity index (χ3n) is 3.20. The minimum Gasteiger partial charge on any atom is -0.347 e. The number of hydrogen-bond acceptors (Lipinski definition) is 4. The fraction of sp³-hybridized carbons (Fsp3) is 0.188. The van der Waals surface area contributed by atoms with Crippen LogP contribution in [0, 0.1) is 6.92 Å². The predicted octanol–water partition coefficient (Wildman–Crippen LogP) is 2.64. The zero-order valence-corrected chi connectivity index (χ0v) is 11.9. The molecule has 1 aromatic carbocycles. The molecule has 0 aliphatic carbocycles. The van der Waals surface area contributed by atoms with Crippen LogP contribution in [0.15, 0.2) is 55.0 Å². The molecule has 0 saturated heterocycles. The Bertz CT molecular complexity index is 705. The van der Waals surface area contributed by atoms with Crippen molar-refractivity contribution in [3.8, 4) is 0 Å². The molecule has 5 nitrogen and oxygen atoms in total. The lowest BCUT2D eigenvalue weighted by atomic mass is 10.2. The molecular weight excluding hydrogens is 262 g/mol. The van der Waals surface area contributed by atoms with E-state index >= 15 is 0 Å². The lowest BCUT2D eigenvalue weighted by Gasteiger charge is -2.09. The highest BCUT2D eigenvalue weighted by Crippen LogP contribution is 2.07. The van der Waals surface area contributed by atoms with Crippen molar-refractivity contribution < 1.29 is 0 Å². The molecular formula is C16H17N5. The summed E-state index contributed by atoms with van der Waals surface area (Å²) in [5.41, 5.74) is 2.20. The minimum atomic E-state index is 0.600. The van der Waals surface area contributed by atoms with E-state index in [0.717, 1.165) is 18.1 Å². The number of imidazole rings is 1. The topological polar surface area (TPSA) is 55.6 Å². The average molecular weight is 279 g/mol. The van der Waals surface area contributed by atoms with Crippen LogP contribution in [0.25, 0.3) is 0 Å². The highest BCUT2D eigenvalue weighted by atomic mass is 15.1. The Morgan fingerprint density at radius 1 is 1.05 bits per heavy atom. The van der Waals surface area contributed by atoms with Crippen molar-refractivity contribution >= 4 is 5.95 Å². The van der Waals surface area contributed by atoms with Gasteiger partial charge in [-0.1, -0.05) is 30.3 Å². The Hall–Kier alpha value is -2.69. The fourth-order valence-corrected chi connectivity index (χ4v) is 2.12. The highest BCUT2D eigenvalue weighted by molar-refractivity contribution is 5.25. The molecule has 21 heavy (non-hydrogen) atoms. The molecule has 5 heteroatoms. The first kappa shape index (κ1) is 13.3. The van der Waals surface area contributed by atoms with Gasteiger partial charge >= 0.3 is 0 Å². The van der Waals surface area contributed by atoms with Crippen LogP contribution in [-0.2, 0) is 13.1 Å². The summed E-state index contributed by atoms with van der Waals surface area (Å²) < 4.78 is 2.12. The second-order valence-corrected chi connectivity index (χ2v) is 4.83. The van der Waals surface area contributed by atoms with Crippen LogP contribution in [0.1, 0.15) is 17.1 Å². The molecule has 0 saturated carbocycles. The maximum atomic E-state index is 4.39. The molecule has 0 spiro atoms. The molecule has 2 aromatic heterocycles. The van der Waals surface area contributed by atoms with Gasteiger partial charge in [0.25, 0.3) is 0 Å². The van der Waals surface area contributed by atoms with Gasteiger partial charge in [0.2, 0.25) is 5.95 Å². The van der Waals surface area contributed by atoms with E-state index < -0.39 is 0 Å². The Labute approximate surface area is 123 Å². The first-order chi connectivity index (χ1) is 10.3. The molecule has 0 radical (unpaired) electrons. The van der Waals surface area contributed by atoms with E-state index in [2.05, 4.69) is 37.0 Å². The Morgan fingerprint density at radius 3 is 2.71 bits per heavy atom. The van der Waals surface area contributed by atoms with E-state index in [1.54, 1.807) is 6.20 Å². The van der Waals surface area contributed by atoms with Gasteiger partial charge in [0, 0.05) is 30.8 Å². The summed E-state index contributed by atoms with van der Waals surface area (Å²) in [5, 5.41) is 3.21. The second-order valence-electron chi connectivity index (χ2n) is 4.83. The Morgan fingerprint density at radius 2 is 1.90 bits per heavy atom. The minimum absolute atomic E-state index is 0.600. The predicted molar refractivity (Wildman–Crippen MR) is 81.9 cm³/mol. The first-order valence-corrected chi connectivity index (χ1v) is 6.89. The third-order valence-corrected chi connectivity index (χ3v) is 3.20. The largest absolute Gasteiger partial charge is 0.347 e. The van der Waals surface area contributed by atoms with Crippen LogP contribution < -0.4 is 5.32 Å². The maximum Gasteiger partial charge on any atom is 0.223 e. The van der Waals surface area contributed by atoms with Gasteiger partial charge in [0.05, 0.1) is 6.54 Å². The van der Waals surface area contributed by atoms with Crippen LogP contribution in [0.2, 0.25) is 0 Å². The molecule has 0 bridgehead atoms. The van der Waals surface area contributed by atoms with Crippen molar-refractivity contribution in [2.45, 2.75) is 20.0 Å². The summed E-state index contributed by atoms with van der Waals surface area (Å²) >= 11 is 0. The van der Waals surface area contributed by atoms with Crippen LogP contribution in [-0.4, -0.2) is 19.5 Å². The molecule has 0 unspecified atom stereocenters. The summed E-state index contributed by atoms with van der Waals surface area (Å²) in [6.45, 7) is 3.36. The molecule has 0 atom stereocenters. The highest BCUT2D eigenvalue weighted by Gasteiger charge is 2.04. The van der Waals surface area contributed by atoms with E-state index in [1.807, 2.05) is 43.6 Å². The van der Waals surface area contributed by atoms with Crippen molar-refractivity contribution in [2.24, 2.45) is 0 Å². The smallest absolute Gasteiger partial charge is 0.223 e. The van der Waals surface area contributed by atoms with Crippen LogP contribution in [0.5, 0.6) is 0 Å². The average Bonchev–Trinajstić information content (AvgIpc) is 2.93. The van der Waals surface area contributed by atoms with Gasteiger partial charge in [-0.05, 0) is 18.6 Å². The normalized spacial score (nSPS) is 10.5. The number of aryl methyl sites for hydroxylation is 1. The molecule has 3 aromatic rings. The van der Waals surface area contributed by atoms with Crippen molar-refractivity contribution in [3.63, 3.8) is 0 Å². The molecule has 106 valence electrons. The molecule has 0 fully saturated rings.